The molecule has 0 amide bonds. The van der Waals surface area contributed by atoms with E-state index in [1.165, 1.54) is 48.5 Å². The quantitative estimate of drug-likeness (QED) is 0.202. The molecule has 0 saturated carbocycles. The van der Waals surface area contributed by atoms with Gasteiger partial charge in [-0.25, -0.2) is 4.98 Å². The molecule has 0 unspecified atom stereocenters. The van der Waals surface area contributed by atoms with Crippen molar-refractivity contribution in [1.82, 2.24) is 9.97 Å². The van der Waals surface area contributed by atoms with Crippen molar-refractivity contribution < 1.29 is 0 Å². The summed E-state index contributed by atoms with van der Waals surface area (Å²) in [6.07, 6.45) is 3.78. The van der Waals surface area contributed by atoms with Crippen LogP contribution in [0, 0.1) is 0 Å². The van der Waals surface area contributed by atoms with Gasteiger partial charge >= 0.3 is 0 Å². The molecule has 0 aliphatic heterocycles. The molecule has 7 aromatic carbocycles. The summed E-state index contributed by atoms with van der Waals surface area (Å²) >= 11 is 0. The van der Waals surface area contributed by atoms with Crippen molar-refractivity contribution >= 4 is 53.9 Å². The molecule has 2 aromatic heterocycles. The molecule has 0 saturated heterocycles. The number of rotatable bonds is 3. The van der Waals surface area contributed by atoms with E-state index in [9.17, 15) is 0 Å². The summed E-state index contributed by atoms with van der Waals surface area (Å²) in [7, 11) is 0. The van der Waals surface area contributed by atoms with Crippen molar-refractivity contribution in [3.8, 4) is 33.6 Å². The van der Waals surface area contributed by atoms with E-state index in [0.29, 0.717) is 0 Å². The van der Waals surface area contributed by atoms with Gasteiger partial charge in [0.1, 0.15) is 0 Å². The van der Waals surface area contributed by atoms with Crippen LogP contribution in [0.2, 0.25) is 0 Å². The zero-order valence-electron chi connectivity index (χ0n) is 23.9. The first-order chi connectivity index (χ1) is 21.8. The molecule has 0 bridgehead atoms. The summed E-state index contributed by atoms with van der Waals surface area (Å²) in [5.41, 5.74) is 6.56. The summed E-state index contributed by atoms with van der Waals surface area (Å²) in [6, 6.07) is 52.5. The van der Waals surface area contributed by atoms with Crippen molar-refractivity contribution in [2.45, 2.75) is 0 Å². The van der Waals surface area contributed by atoms with Gasteiger partial charge < -0.3 is 0 Å². The Labute approximate surface area is 254 Å². The predicted molar refractivity (Wildman–Crippen MR) is 186 cm³/mol. The standard InChI is InChI=1S/C42H26N2/c1-5-13-35-29(9-1)22-30-10-2-6-14-36(30)41(35)39-24-34(27-17-18-33-26-43-20-19-28(33)21-27)25-40(44-39)42-37-15-7-3-11-31(37)23-32-12-4-8-16-38(32)42/h1-26H. The zero-order chi connectivity index (χ0) is 29.0. The highest BCUT2D eigenvalue weighted by Gasteiger charge is 2.17. The summed E-state index contributed by atoms with van der Waals surface area (Å²) < 4.78 is 0. The molecule has 0 aliphatic rings. The van der Waals surface area contributed by atoms with E-state index in [-0.39, 0.29) is 0 Å². The van der Waals surface area contributed by atoms with Crippen LogP contribution in [0.3, 0.4) is 0 Å². The van der Waals surface area contributed by atoms with Crippen molar-refractivity contribution in [3.05, 3.63) is 158 Å². The fourth-order valence-corrected chi connectivity index (χ4v) is 6.80. The van der Waals surface area contributed by atoms with Gasteiger partial charge in [-0.3, -0.25) is 4.98 Å². The van der Waals surface area contributed by atoms with Crippen LogP contribution in [0.15, 0.2) is 158 Å². The van der Waals surface area contributed by atoms with E-state index in [4.69, 9.17) is 4.98 Å². The molecule has 2 heterocycles. The molecule has 0 atom stereocenters. The Balaban J connectivity index is 1.43. The molecular weight excluding hydrogens is 532 g/mol. The molecule has 204 valence electrons. The fraction of sp³-hybridized carbons (Fsp3) is 0. The number of fused-ring (bicyclic) bond motifs is 5. The van der Waals surface area contributed by atoms with Crippen LogP contribution in [0.1, 0.15) is 0 Å². The molecule has 0 radical (unpaired) electrons. The first-order valence-electron chi connectivity index (χ1n) is 15.0. The van der Waals surface area contributed by atoms with Gasteiger partial charge in [-0.1, -0.05) is 109 Å². The van der Waals surface area contributed by atoms with E-state index in [0.717, 1.165) is 39.0 Å². The van der Waals surface area contributed by atoms with Gasteiger partial charge in [0.05, 0.1) is 11.4 Å². The van der Waals surface area contributed by atoms with Gasteiger partial charge in [-0.15, -0.1) is 0 Å². The Morgan fingerprint density at radius 3 is 1.32 bits per heavy atom. The highest BCUT2D eigenvalue weighted by molar-refractivity contribution is 6.14. The predicted octanol–water partition coefficient (Wildman–Crippen LogP) is 11.2. The third-order valence-corrected chi connectivity index (χ3v) is 8.85. The maximum Gasteiger partial charge on any atom is 0.0728 e. The van der Waals surface area contributed by atoms with Crippen molar-refractivity contribution in [2.75, 3.05) is 0 Å². The van der Waals surface area contributed by atoms with Crippen LogP contribution in [-0.4, -0.2) is 9.97 Å². The average molecular weight is 559 g/mol. The van der Waals surface area contributed by atoms with Gasteiger partial charge in [0, 0.05) is 28.9 Å². The smallest absolute Gasteiger partial charge is 0.0728 e. The Hall–Kier alpha value is -5.86. The van der Waals surface area contributed by atoms with E-state index >= 15 is 0 Å². The van der Waals surface area contributed by atoms with Crippen molar-refractivity contribution in [2.24, 2.45) is 0 Å². The molecule has 0 spiro atoms. The van der Waals surface area contributed by atoms with Crippen molar-refractivity contribution in [3.63, 3.8) is 0 Å². The van der Waals surface area contributed by atoms with Crippen LogP contribution in [-0.2, 0) is 0 Å². The van der Waals surface area contributed by atoms with Crippen LogP contribution >= 0.6 is 0 Å². The third-order valence-electron chi connectivity index (χ3n) is 8.85. The number of hydrogen-bond acceptors (Lipinski definition) is 2. The zero-order valence-corrected chi connectivity index (χ0v) is 23.9. The fourth-order valence-electron chi connectivity index (χ4n) is 6.80. The number of hydrogen-bond donors (Lipinski definition) is 0. The summed E-state index contributed by atoms with van der Waals surface area (Å²) in [6.45, 7) is 0. The molecule has 2 nitrogen and oxygen atoms in total. The molecule has 44 heavy (non-hydrogen) atoms. The van der Waals surface area contributed by atoms with Gasteiger partial charge in [0.25, 0.3) is 0 Å². The van der Waals surface area contributed by atoms with Crippen LogP contribution < -0.4 is 0 Å². The van der Waals surface area contributed by atoms with E-state index in [2.05, 4.69) is 151 Å². The topological polar surface area (TPSA) is 25.8 Å². The Kier molecular flexibility index (Phi) is 5.54. The van der Waals surface area contributed by atoms with Crippen LogP contribution in [0.4, 0.5) is 0 Å². The lowest BCUT2D eigenvalue weighted by atomic mass is 9.90. The normalized spacial score (nSPS) is 11.6. The van der Waals surface area contributed by atoms with E-state index < -0.39 is 0 Å². The molecule has 0 fully saturated rings. The largest absolute Gasteiger partial charge is 0.264 e. The molecule has 0 aliphatic carbocycles. The second-order valence-corrected chi connectivity index (χ2v) is 11.5. The Morgan fingerprint density at radius 1 is 0.341 bits per heavy atom. The first-order valence-corrected chi connectivity index (χ1v) is 15.0. The third kappa shape index (κ3) is 3.96. The average Bonchev–Trinajstić information content (AvgIpc) is 3.09. The summed E-state index contributed by atoms with van der Waals surface area (Å²) in [5, 5.41) is 12.0. The van der Waals surface area contributed by atoms with Gasteiger partial charge in [-0.05, 0) is 96.0 Å². The molecule has 0 N–H and O–H groups in total. The lowest BCUT2D eigenvalue weighted by Gasteiger charge is -2.17. The van der Waals surface area contributed by atoms with Gasteiger partial charge in [0.2, 0.25) is 0 Å². The highest BCUT2D eigenvalue weighted by atomic mass is 14.7. The first kappa shape index (κ1) is 24.7. The minimum Gasteiger partial charge on any atom is -0.264 e. The summed E-state index contributed by atoms with van der Waals surface area (Å²) in [4.78, 5) is 9.88. The maximum atomic E-state index is 5.55. The molecule has 9 rings (SSSR count). The van der Waals surface area contributed by atoms with Crippen molar-refractivity contribution in [1.29, 1.82) is 0 Å². The van der Waals surface area contributed by atoms with Crippen LogP contribution in [0.25, 0.3) is 87.5 Å². The number of aromatic nitrogens is 2. The minimum atomic E-state index is 0.970. The lowest BCUT2D eigenvalue weighted by Crippen LogP contribution is -1.95. The SMILES string of the molecule is c1ccc2c(-c3cc(-c4ccc5cnccc5c4)cc(-c4c5ccccc5cc5ccccc45)n3)c3ccccc3cc2c1. The molecule has 9 aromatic rings. The van der Waals surface area contributed by atoms with E-state index in [1.807, 2.05) is 12.4 Å². The second kappa shape index (κ2) is 9.86. The van der Waals surface area contributed by atoms with Crippen LogP contribution in [0.5, 0.6) is 0 Å². The molecular formula is C42H26N2. The number of benzene rings is 7. The van der Waals surface area contributed by atoms with Gasteiger partial charge in [-0.2, -0.15) is 0 Å². The second-order valence-electron chi connectivity index (χ2n) is 11.5. The van der Waals surface area contributed by atoms with E-state index in [1.54, 1.807) is 0 Å². The maximum absolute atomic E-state index is 5.55. The monoisotopic (exact) mass is 558 g/mol. The molecule has 2 heteroatoms. The lowest BCUT2D eigenvalue weighted by molar-refractivity contribution is 1.34. The number of nitrogens with zero attached hydrogens (tertiary/aromatic N) is 2. The highest BCUT2D eigenvalue weighted by Crippen LogP contribution is 2.41. The Morgan fingerprint density at radius 2 is 0.818 bits per heavy atom. The Bertz CT molecular complexity index is 2320. The summed E-state index contributed by atoms with van der Waals surface area (Å²) in [5.74, 6) is 0. The minimum absolute atomic E-state index is 0.970. The van der Waals surface area contributed by atoms with Gasteiger partial charge in [0.15, 0.2) is 0 Å². The number of pyridine rings is 2.